The van der Waals surface area contributed by atoms with E-state index in [2.05, 4.69) is 4.90 Å². The van der Waals surface area contributed by atoms with Crippen molar-refractivity contribution in [1.29, 1.82) is 0 Å². The minimum absolute atomic E-state index is 0.0418. The number of pyridine rings is 1. The highest BCUT2D eigenvalue weighted by Gasteiger charge is 2.68. The third-order valence-electron chi connectivity index (χ3n) is 7.10. The molecule has 1 saturated carbocycles. The smallest absolute Gasteiger partial charge is 0.330 e. The van der Waals surface area contributed by atoms with Gasteiger partial charge in [0.2, 0.25) is 0 Å². The highest BCUT2D eigenvalue weighted by Crippen LogP contribution is 2.61. The number of halogens is 2. The van der Waals surface area contributed by atoms with Crippen LogP contribution < -0.4 is 10.6 Å². The molecule has 33 heavy (non-hydrogen) atoms. The summed E-state index contributed by atoms with van der Waals surface area (Å²) in [4.78, 5) is 19.7. The van der Waals surface area contributed by atoms with Crippen LogP contribution in [0.1, 0.15) is 18.9 Å². The van der Waals surface area contributed by atoms with E-state index >= 15 is 0 Å². The molecule has 1 saturated heterocycles. The molecule has 0 spiro atoms. The molecule has 178 valence electrons. The van der Waals surface area contributed by atoms with Crippen molar-refractivity contribution in [3.63, 3.8) is 0 Å². The molecule has 10 heteroatoms. The number of fused-ring (bicyclic) bond motifs is 1. The van der Waals surface area contributed by atoms with Crippen LogP contribution >= 0.6 is 10.6 Å². The van der Waals surface area contributed by atoms with Gasteiger partial charge >= 0.3 is 5.69 Å². The van der Waals surface area contributed by atoms with Gasteiger partial charge in [-0.3, -0.25) is 18.2 Å². The van der Waals surface area contributed by atoms with E-state index in [1.54, 1.807) is 13.1 Å². The summed E-state index contributed by atoms with van der Waals surface area (Å²) >= 11 is 0. The van der Waals surface area contributed by atoms with Crippen LogP contribution in [-0.2, 0) is 13.6 Å². The maximum atomic E-state index is 13.8. The number of hydrogen-bond donors (Lipinski definition) is 2. The Morgan fingerprint density at radius 1 is 1.15 bits per heavy atom. The second-order valence-corrected chi connectivity index (χ2v) is 12.0. The van der Waals surface area contributed by atoms with Gasteiger partial charge in [-0.15, -0.1) is 0 Å². The van der Waals surface area contributed by atoms with Gasteiger partial charge in [-0.2, -0.15) is 10.6 Å². The standard InChI is InChI=1S/C23H28F2N4O3S/c1-15-4-5-16(28-8-10-33(31,32)11-9-28)12-17(15)18-6-7-19-20(26-18)27(3)21(30)29(19)14-22(2)13-23(22,24)25/h4-7,12,31-32H,8-11,13-14H2,1-3H3/t22-/m1/s1. The number of aromatic nitrogens is 3. The summed E-state index contributed by atoms with van der Waals surface area (Å²) in [6.45, 7) is 4.59. The Bertz CT molecular complexity index is 1310. The third-order valence-corrected chi connectivity index (χ3v) is 8.77. The lowest BCUT2D eigenvalue weighted by Gasteiger charge is -2.42. The van der Waals surface area contributed by atoms with Crippen molar-refractivity contribution in [1.82, 2.24) is 14.1 Å². The Labute approximate surface area is 192 Å². The average Bonchev–Trinajstić information content (AvgIpc) is 3.18. The maximum Gasteiger partial charge on any atom is 0.330 e. The molecule has 0 radical (unpaired) electrons. The van der Waals surface area contributed by atoms with Crippen molar-refractivity contribution < 1.29 is 17.9 Å². The SMILES string of the molecule is Cc1ccc(N2CCS(O)(O)CC2)cc1-c1ccc2c(n1)n(C)c(=O)n2C[C@@]1(C)CC1(F)F. The van der Waals surface area contributed by atoms with Crippen molar-refractivity contribution in [3.05, 3.63) is 46.4 Å². The first-order chi connectivity index (χ1) is 15.4. The fourth-order valence-corrected chi connectivity index (χ4v) is 5.84. The topological polar surface area (TPSA) is 83.5 Å². The average molecular weight is 479 g/mol. The van der Waals surface area contributed by atoms with E-state index < -0.39 is 21.9 Å². The molecule has 2 N–H and O–H groups in total. The molecule has 3 heterocycles. The fourth-order valence-electron chi connectivity index (χ4n) is 4.61. The van der Waals surface area contributed by atoms with Crippen LogP contribution in [0.3, 0.4) is 0 Å². The summed E-state index contributed by atoms with van der Waals surface area (Å²) < 4.78 is 50.2. The third kappa shape index (κ3) is 3.74. The van der Waals surface area contributed by atoms with Gasteiger partial charge in [-0.05, 0) is 36.8 Å². The molecule has 7 nitrogen and oxygen atoms in total. The Hall–Kier alpha value is -2.43. The lowest BCUT2D eigenvalue weighted by Crippen LogP contribution is -2.38. The molecular weight excluding hydrogens is 450 g/mol. The summed E-state index contributed by atoms with van der Waals surface area (Å²) in [6.07, 6.45) is -0.216. The summed E-state index contributed by atoms with van der Waals surface area (Å²) in [5.41, 5.74) is 3.05. The number of hydrogen-bond acceptors (Lipinski definition) is 5. The summed E-state index contributed by atoms with van der Waals surface area (Å²) in [5, 5.41) is 0. The number of benzene rings is 1. The van der Waals surface area contributed by atoms with Crippen molar-refractivity contribution >= 4 is 27.4 Å². The molecule has 2 fully saturated rings. The van der Waals surface area contributed by atoms with Gasteiger partial charge in [0.05, 0.1) is 28.1 Å². The molecule has 1 aliphatic heterocycles. The molecule has 0 amide bonds. The zero-order valence-electron chi connectivity index (χ0n) is 18.9. The highest BCUT2D eigenvalue weighted by molar-refractivity contribution is 8.24. The number of anilines is 1. The lowest BCUT2D eigenvalue weighted by molar-refractivity contribution is 0.0637. The van der Waals surface area contributed by atoms with Gasteiger partial charge in [0.15, 0.2) is 5.65 Å². The van der Waals surface area contributed by atoms with Gasteiger partial charge in [-0.1, -0.05) is 13.0 Å². The van der Waals surface area contributed by atoms with E-state index in [1.165, 1.54) is 16.1 Å². The number of aryl methyl sites for hydroxylation is 2. The minimum atomic E-state index is -2.75. The number of rotatable bonds is 4. The summed E-state index contributed by atoms with van der Waals surface area (Å²) in [5.74, 6) is -2.04. The molecule has 2 aliphatic rings. The zero-order valence-corrected chi connectivity index (χ0v) is 19.7. The molecule has 1 aromatic carbocycles. The monoisotopic (exact) mass is 478 g/mol. The first kappa shape index (κ1) is 22.4. The molecule has 0 unspecified atom stereocenters. The molecule has 5 rings (SSSR count). The second-order valence-electron chi connectivity index (χ2n) is 9.61. The largest absolute Gasteiger partial charge is 0.368 e. The number of nitrogens with zero attached hydrogens (tertiary/aromatic N) is 4. The van der Waals surface area contributed by atoms with Crippen molar-refractivity contribution in [2.24, 2.45) is 12.5 Å². The minimum Gasteiger partial charge on any atom is -0.368 e. The molecule has 0 bridgehead atoms. The van der Waals surface area contributed by atoms with E-state index in [4.69, 9.17) is 4.98 Å². The highest BCUT2D eigenvalue weighted by atomic mass is 32.3. The van der Waals surface area contributed by atoms with Gasteiger partial charge in [0, 0.05) is 44.4 Å². The van der Waals surface area contributed by atoms with Gasteiger partial charge < -0.3 is 4.90 Å². The molecule has 2 aromatic heterocycles. The van der Waals surface area contributed by atoms with Crippen molar-refractivity contribution in [2.45, 2.75) is 32.7 Å². The quantitative estimate of drug-likeness (QED) is 0.583. The van der Waals surface area contributed by atoms with E-state index in [1.807, 2.05) is 31.2 Å². The first-order valence-electron chi connectivity index (χ1n) is 10.9. The predicted octanol–water partition coefficient (Wildman–Crippen LogP) is 4.33. The van der Waals surface area contributed by atoms with Crippen LogP contribution in [0.4, 0.5) is 14.5 Å². The molecule has 3 aromatic rings. The number of alkyl halides is 2. The van der Waals surface area contributed by atoms with Crippen LogP contribution in [0.15, 0.2) is 35.1 Å². The van der Waals surface area contributed by atoms with Gasteiger partial charge in [0.25, 0.3) is 5.92 Å². The van der Waals surface area contributed by atoms with Crippen molar-refractivity contribution in [2.75, 3.05) is 29.5 Å². The zero-order chi connectivity index (χ0) is 23.8. The van der Waals surface area contributed by atoms with E-state index in [9.17, 15) is 22.7 Å². The van der Waals surface area contributed by atoms with Crippen LogP contribution in [0, 0.1) is 12.3 Å². The fraction of sp³-hybridized carbons (Fsp3) is 0.478. The van der Waals surface area contributed by atoms with Crippen LogP contribution in [0.2, 0.25) is 0 Å². The molecule has 1 atom stereocenters. The van der Waals surface area contributed by atoms with E-state index in [0.29, 0.717) is 41.5 Å². The maximum absolute atomic E-state index is 13.8. The summed E-state index contributed by atoms with van der Waals surface area (Å²) in [6, 6.07) is 9.65. The van der Waals surface area contributed by atoms with Gasteiger partial charge in [-0.25, -0.2) is 18.6 Å². The number of imidazole rings is 1. The Morgan fingerprint density at radius 2 is 1.82 bits per heavy atom. The first-order valence-corrected chi connectivity index (χ1v) is 12.8. The van der Waals surface area contributed by atoms with Gasteiger partial charge in [0.1, 0.15) is 0 Å². The van der Waals surface area contributed by atoms with E-state index in [-0.39, 0.29) is 18.7 Å². The van der Waals surface area contributed by atoms with Crippen molar-refractivity contribution in [3.8, 4) is 11.3 Å². The van der Waals surface area contributed by atoms with Crippen LogP contribution in [0.5, 0.6) is 0 Å². The molecular formula is C23H28F2N4O3S. The lowest BCUT2D eigenvalue weighted by atomic mass is 10.0. The normalized spacial score (nSPS) is 24.8. The van der Waals surface area contributed by atoms with Crippen LogP contribution in [-0.4, -0.2) is 53.7 Å². The Kier molecular flexibility index (Phi) is 4.94. The summed E-state index contributed by atoms with van der Waals surface area (Å²) in [7, 11) is -0.865. The predicted molar refractivity (Wildman–Crippen MR) is 128 cm³/mol. The Balaban J connectivity index is 1.51. The second kappa shape index (κ2) is 7.28. The van der Waals surface area contributed by atoms with Crippen LogP contribution in [0.25, 0.3) is 22.4 Å². The Morgan fingerprint density at radius 3 is 2.45 bits per heavy atom. The van der Waals surface area contributed by atoms with E-state index in [0.717, 1.165) is 16.8 Å². The molecule has 1 aliphatic carbocycles.